The van der Waals surface area contributed by atoms with E-state index in [0.717, 1.165) is 36.2 Å². The van der Waals surface area contributed by atoms with Gasteiger partial charge in [0.15, 0.2) is 0 Å². The second-order valence-electron chi connectivity index (χ2n) is 6.76. The summed E-state index contributed by atoms with van der Waals surface area (Å²) in [5.74, 6) is -2.10. The molecular formula is C20H25N3O6S. The van der Waals surface area contributed by atoms with Crippen molar-refractivity contribution in [2.24, 2.45) is 0 Å². The molecule has 0 spiro atoms. The van der Waals surface area contributed by atoms with E-state index in [0.29, 0.717) is 18.6 Å². The van der Waals surface area contributed by atoms with E-state index in [2.05, 4.69) is 20.8 Å². The number of sulfonamides is 1. The van der Waals surface area contributed by atoms with E-state index in [4.69, 9.17) is 10.2 Å². The third kappa shape index (κ3) is 6.73. The van der Waals surface area contributed by atoms with Crippen LogP contribution in [-0.2, 0) is 26.0 Å². The van der Waals surface area contributed by atoms with Gasteiger partial charge >= 0.3 is 11.9 Å². The second kappa shape index (κ2) is 10.6. The highest BCUT2D eigenvalue weighted by molar-refractivity contribution is 7.92. The first kappa shape index (κ1) is 23.1. The Bertz CT molecular complexity index is 984. The van der Waals surface area contributed by atoms with Gasteiger partial charge in [-0.15, -0.1) is 0 Å². The van der Waals surface area contributed by atoms with Gasteiger partial charge in [0.25, 0.3) is 0 Å². The number of hydrogen-bond acceptors (Lipinski definition) is 5. The number of hydrogen-bond donors (Lipinski definition) is 4. The number of nitrogens with one attached hydrogen (secondary N) is 2. The minimum absolute atomic E-state index is 0.153. The maximum absolute atomic E-state index is 12.1. The van der Waals surface area contributed by atoms with Gasteiger partial charge in [0, 0.05) is 30.0 Å². The van der Waals surface area contributed by atoms with E-state index in [-0.39, 0.29) is 11.7 Å². The second-order valence-corrected chi connectivity index (χ2v) is 8.60. The van der Waals surface area contributed by atoms with Gasteiger partial charge in [-0.1, -0.05) is 19.1 Å². The maximum Gasteiger partial charge on any atom is 0.328 e. The predicted molar refractivity (Wildman–Crippen MR) is 112 cm³/mol. The number of carboxylic acids is 2. The van der Waals surface area contributed by atoms with Gasteiger partial charge in [0.1, 0.15) is 0 Å². The van der Waals surface area contributed by atoms with E-state index in [1.165, 1.54) is 5.56 Å². The largest absolute Gasteiger partial charge is 0.478 e. The number of carbonyl (C=O) groups is 2. The molecule has 0 bridgehead atoms. The summed E-state index contributed by atoms with van der Waals surface area (Å²) in [5, 5.41) is 15.6. The third-order valence-corrected chi connectivity index (χ3v) is 5.99. The van der Waals surface area contributed by atoms with Crippen LogP contribution in [0.25, 0.3) is 0 Å². The number of benzene rings is 1. The molecule has 9 nitrogen and oxygen atoms in total. The molecule has 0 saturated carbocycles. The van der Waals surface area contributed by atoms with Gasteiger partial charge in [0.05, 0.1) is 17.8 Å². The van der Waals surface area contributed by atoms with Crippen LogP contribution in [0.3, 0.4) is 0 Å². The predicted octanol–water partition coefficient (Wildman–Crippen LogP) is 2.74. The average molecular weight is 436 g/mol. The van der Waals surface area contributed by atoms with Crippen molar-refractivity contribution < 1.29 is 28.2 Å². The summed E-state index contributed by atoms with van der Waals surface area (Å²) in [6.45, 7) is 1.87. The van der Waals surface area contributed by atoms with E-state index < -0.39 is 22.0 Å². The van der Waals surface area contributed by atoms with Crippen LogP contribution in [-0.4, -0.2) is 46.3 Å². The summed E-state index contributed by atoms with van der Waals surface area (Å²) >= 11 is 0. The summed E-state index contributed by atoms with van der Waals surface area (Å²) in [6, 6.07) is 5.89. The molecule has 1 unspecified atom stereocenters. The van der Waals surface area contributed by atoms with Crippen LogP contribution in [0, 0.1) is 0 Å². The van der Waals surface area contributed by atoms with Crippen molar-refractivity contribution in [1.82, 2.24) is 9.97 Å². The molecular weight excluding hydrogens is 410 g/mol. The lowest BCUT2D eigenvalue weighted by Crippen LogP contribution is -2.19. The summed E-state index contributed by atoms with van der Waals surface area (Å²) in [5.41, 5.74) is 4.14. The Hall–Kier alpha value is -3.14. The van der Waals surface area contributed by atoms with Gasteiger partial charge in [-0.25, -0.2) is 23.0 Å². The van der Waals surface area contributed by atoms with Gasteiger partial charge in [-0.2, -0.15) is 0 Å². The standard InChI is InChI=1S/C16H21N3O2S.C4H4O4/c1-2-9-22(20,21)19-15-8-4-5-12-13(15)6-3-7-14(12)16-10-17-11-18-16;5-3(6)1-2-4(7)8/h4-5,8,10-11,14,19H,2-3,6-7,9H2,1H3,(H,17,18);1-2H,(H,5,6)(H,7,8)/b;2-1-. The molecule has 0 fully saturated rings. The number of aromatic amines is 1. The minimum Gasteiger partial charge on any atom is -0.478 e. The van der Waals surface area contributed by atoms with Crippen molar-refractivity contribution in [2.75, 3.05) is 10.5 Å². The number of rotatable bonds is 7. The molecule has 4 N–H and O–H groups in total. The number of imidazole rings is 1. The van der Waals surface area contributed by atoms with Crippen molar-refractivity contribution in [3.05, 3.63) is 59.7 Å². The number of nitrogens with zero attached hydrogens (tertiary/aromatic N) is 1. The number of H-pyrrole nitrogens is 1. The first-order valence-corrected chi connectivity index (χ1v) is 11.1. The highest BCUT2D eigenvalue weighted by atomic mass is 32.2. The maximum atomic E-state index is 12.1. The lowest BCUT2D eigenvalue weighted by Gasteiger charge is -2.26. The fraction of sp³-hybridized carbons (Fsp3) is 0.350. The minimum atomic E-state index is -3.26. The third-order valence-electron chi connectivity index (χ3n) is 4.51. The lowest BCUT2D eigenvalue weighted by atomic mass is 9.80. The van der Waals surface area contributed by atoms with Crippen molar-refractivity contribution in [1.29, 1.82) is 0 Å². The molecule has 1 aromatic carbocycles. The van der Waals surface area contributed by atoms with Crippen LogP contribution < -0.4 is 4.72 Å². The number of aromatic nitrogens is 2. The van der Waals surface area contributed by atoms with E-state index in [9.17, 15) is 18.0 Å². The Morgan fingerprint density at radius 2 is 1.97 bits per heavy atom. The van der Waals surface area contributed by atoms with Crippen LogP contribution in [0.4, 0.5) is 5.69 Å². The number of carboxylic acid groups (broad SMARTS) is 2. The molecule has 162 valence electrons. The molecule has 1 aromatic heterocycles. The van der Waals surface area contributed by atoms with E-state index in [1.54, 1.807) is 6.33 Å². The van der Waals surface area contributed by atoms with Crippen LogP contribution in [0.1, 0.15) is 48.9 Å². The van der Waals surface area contributed by atoms with E-state index >= 15 is 0 Å². The van der Waals surface area contributed by atoms with Crippen molar-refractivity contribution in [2.45, 2.75) is 38.5 Å². The number of aliphatic carboxylic acids is 2. The Morgan fingerprint density at radius 3 is 2.53 bits per heavy atom. The SMILES string of the molecule is CCCS(=O)(=O)Nc1cccc2c1CCCC2c1cnc[nH]1.O=C(O)/C=C\C(=O)O. The zero-order chi connectivity index (χ0) is 22.1. The van der Waals surface area contributed by atoms with Crippen molar-refractivity contribution in [3.63, 3.8) is 0 Å². The van der Waals surface area contributed by atoms with Crippen LogP contribution in [0.2, 0.25) is 0 Å². The van der Waals surface area contributed by atoms with Crippen LogP contribution in [0.15, 0.2) is 42.9 Å². The fourth-order valence-electron chi connectivity index (χ4n) is 3.35. The summed E-state index contributed by atoms with van der Waals surface area (Å²) in [4.78, 5) is 26.4. The van der Waals surface area contributed by atoms with Crippen LogP contribution in [0.5, 0.6) is 0 Å². The highest BCUT2D eigenvalue weighted by Crippen LogP contribution is 2.38. The first-order valence-electron chi connectivity index (χ1n) is 9.48. The Morgan fingerprint density at radius 1 is 1.27 bits per heavy atom. The smallest absolute Gasteiger partial charge is 0.328 e. The monoisotopic (exact) mass is 435 g/mol. The van der Waals surface area contributed by atoms with Crippen molar-refractivity contribution in [3.8, 4) is 0 Å². The Balaban J connectivity index is 0.000000343. The zero-order valence-electron chi connectivity index (χ0n) is 16.5. The molecule has 30 heavy (non-hydrogen) atoms. The topological polar surface area (TPSA) is 149 Å². The molecule has 1 heterocycles. The first-order chi connectivity index (χ1) is 14.2. The number of anilines is 1. The molecule has 2 aromatic rings. The van der Waals surface area contributed by atoms with Crippen molar-refractivity contribution >= 4 is 27.6 Å². The lowest BCUT2D eigenvalue weighted by molar-refractivity contribution is -0.134. The quantitative estimate of drug-likeness (QED) is 0.488. The fourth-order valence-corrected chi connectivity index (χ4v) is 4.52. The van der Waals surface area contributed by atoms with Gasteiger partial charge in [0.2, 0.25) is 10.0 Å². The zero-order valence-corrected chi connectivity index (χ0v) is 17.4. The van der Waals surface area contributed by atoms with E-state index in [1.807, 2.05) is 25.3 Å². The Kier molecular flexibility index (Phi) is 8.16. The molecule has 1 aliphatic carbocycles. The highest BCUT2D eigenvalue weighted by Gasteiger charge is 2.25. The average Bonchev–Trinajstić information content (AvgIpc) is 3.21. The molecule has 0 aliphatic heterocycles. The van der Waals surface area contributed by atoms with Gasteiger partial charge in [-0.3, -0.25) is 4.72 Å². The Labute approximate surface area is 174 Å². The molecule has 0 saturated heterocycles. The van der Waals surface area contributed by atoms with Gasteiger partial charge in [-0.05, 0) is 42.9 Å². The molecule has 1 aliphatic rings. The normalized spacial score (nSPS) is 15.7. The molecule has 10 heteroatoms. The molecule has 0 radical (unpaired) electrons. The molecule has 1 atom stereocenters. The molecule has 3 rings (SSSR count). The summed E-state index contributed by atoms with van der Waals surface area (Å²) < 4.78 is 26.9. The summed E-state index contributed by atoms with van der Waals surface area (Å²) in [6.07, 6.45) is 8.28. The number of fused-ring (bicyclic) bond motifs is 1. The van der Waals surface area contributed by atoms with Gasteiger partial charge < -0.3 is 15.2 Å². The van der Waals surface area contributed by atoms with Crippen LogP contribution >= 0.6 is 0 Å². The molecule has 0 amide bonds. The summed E-state index contributed by atoms with van der Waals surface area (Å²) in [7, 11) is -3.26.